The van der Waals surface area contributed by atoms with E-state index >= 15 is 0 Å². The highest BCUT2D eigenvalue weighted by molar-refractivity contribution is 6.31. The Balaban J connectivity index is 1.90. The minimum atomic E-state index is 0.246. The zero-order valence-electron chi connectivity index (χ0n) is 10.9. The van der Waals surface area contributed by atoms with Crippen LogP contribution in [-0.4, -0.2) is 29.0 Å². The van der Waals surface area contributed by atoms with E-state index in [1.807, 2.05) is 11.7 Å². The third-order valence-corrected chi connectivity index (χ3v) is 4.61. The maximum Gasteiger partial charge on any atom is 0.0834 e. The van der Waals surface area contributed by atoms with Crippen LogP contribution in [0.3, 0.4) is 0 Å². The number of nitrogens with zero attached hydrogens (tertiary/aromatic N) is 2. The molecule has 5 heteroatoms. The summed E-state index contributed by atoms with van der Waals surface area (Å²) in [5, 5.41) is 8.52. The molecule has 0 saturated carbocycles. The van der Waals surface area contributed by atoms with Gasteiger partial charge >= 0.3 is 0 Å². The molecule has 1 N–H and O–H groups in total. The fourth-order valence-electron chi connectivity index (χ4n) is 3.51. The molecule has 0 amide bonds. The smallest absolute Gasteiger partial charge is 0.0834 e. The molecule has 1 aromatic rings. The number of hydrogen-bond acceptors (Lipinski definition) is 3. The van der Waals surface area contributed by atoms with Crippen molar-refractivity contribution in [3.8, 4) is 0 Å². The van der Waals surface area contributed by atoms with Gasteiger partial charge in [0.1, 0.15) is 0 Å². The number of hydrogen-bond donors (Lipinski definition) is 1. The maximum atomic E-state index is 6.31. The summed E-state index contributed by atoms with van der Waals surface area (Å²) in [6.07, 6.45) is 6.15. The molecular weight excluding hydrogens is 250 g/mol. The predicted octanol–water partition coefficient (Wildman–Crippen LogP) is 2.38. The van der Waals surface area contributed by atoms with Crippen LogP contribution in [0.25, 0.3) is 0 Å². The van der Waals surface area contributed by atoms with Crippen LogP contribution >= 0.6 is 11.6 Å². The first-order chi connectivity index (χ1) is 8.74. The van der Waals surface area contributed by atoms with E-state index in [9.17, 15) is 0 Å². The van der Waals surface area contributed by atoms with E-state index in [1.165, 1.54) is 12.8 Å². The molecular formula is C13H20ClN3O. The van der Waals surface area contributed by atoms with Gasteiger partial charge in [-0.15, -0.1) is 0 Å². The quantitative estimate of drug-likeness (QED) is 0.912. The topological polar surface area (TPSA) is 39.1 Å². The van der Waals surface area contributed by atoms with Crippen molar-refractivity contribution < 1.29 is 4.74 Å². The van der Waals surface area contributed by atoms with Gasteiger partial charge in [-0.3, -0.25) is 4.68 Å². The van der Waals surface area contributed by atoms with Crippen LogP contribution in [0.1, 0.15) is 37.9 Å². The largest absolute Gasteiger partial charge is 0.375 e. The van der Waals surface area contributed by atoms with Crippen LogP contribution in [0.4, 0.5) is 0 Å². The van der Waals surface area contributed by atoms with Gasteiger partial charge in [0.25, 0.3) is 0 Å². The third-order valence-electron chi connectivity index (χ3n) is 4.32. The molecule has 1 aromatic heterocycles. The number of aromatic nitrogens is 2. The molecule has 0 spiro atoms. The highest BCUT2D eigenvalue weighted by Gasteiger charge is 2.45. The summed E-state index contributed by atoms with van der Waals surface area (Å²) in [7, 11) is 2.00. The summed E-state index contributed by atoms with van der Waals surface area (Å²) in [5.74, 6) is 0.522. The van der Waals surface area contributed by atoms with Crippen molar-refractivity contribution in [3.05, 3.63) is 16.9 Å². The Morgan fingerprint density at radius 1 is 1.61 bits per heavy atom. The average Bonchev–Trinajstić information content (AvgIpc) is 3.07. The van der Waals surface area contributed by atoms with E-state index in [0.29, 0.717) is 18.1 Å². The van der Waals surface area contributed by atoms with Crippen molar-refractivity contribution >= 4 is 11.6 Å². The summed E-state index contributed by atoms with van der Waals surface area (Å²) < 4.78 is 7.96. The molecule has 4 atom stereocenters. The fraction of sp³-hybridized carbons (Fsp3) is 0.769. The Hall–Kier alpha value is -0.580. The van der Waals surface area contributed by atoms with E-state index in [0.717, 1.165) is 23.7 Å². The van der Waals surface area contributed by atoms with Gasteiger partial charge in [-0.05, 0) is 33.2 Å². The number of fused-ring (bicyclic) bond motifs is 2. The van der Waals surface area contributed by atoms with Crippen molar-refractivity contribution in [1.82, 2.24) is 15.1 Å². The Morgan fingerprint density at radius 3 is 3.00 bits per heavy atom. The lowest BCUT2D eigenvalue weighted by Gasteiger charge is -2.29. The van der Waals surface area contributed by atoms with E-state index < -0.39 is 0 Å². The van der Waals surface area contributed by atoms with Gasteiger partial charge in [0, 0.05) is 12.5 Å². The van der Waals surface area contributed by atoms with Gasteiger partial charge in [-0.25, -0.2) is 0 Å². The molecule has 4 nitrogen and oxygen atoms in total. The van der Waals surface area contributed by atoms with Gasteiger partial charge in [0.2, 0.25) is 0 Å². The van der Waals surface area contributed by atoms with Crippen LogP contribution in [0.5, 0.6) is 0 Å². The van der Waals surface area contributed by atoms with Crippen LogP contribution in [-0.2, 0) is 11.3 Å². The Kier molecular flexibility index (Phi) is 3.34. The molecule has 2 aliphatic heterocycles. The first-order valence-corrected chi connectivity index (χ1v) is 7.16. The van der Waals surface area contributed by atoms with Gasteiger partial charge in [0.15, 0.2) is 0 Å². The first-order valence-electron chi connectivity index (χ1n) is 6.78. The van der Waals surface area contributed by atoms with Crippen molar-refractivity contribution in [2.75, 3.05) is 7.05 Å². The SMILES string of the molecule is CCn1ncc(Cl)c1C(NC)C1CC2CCC1O2. The number of aryl methyl sites for hydroxylation is 1. The van der Waals surface area contributed by atoms with Crippen molar-refractivity contribution in [2.24, 2.45) is 5.92 Å². The zero-order valence-corrected chi connectivity index (χ0v) is 11.7. The number of rotatable bonds is 4. The highest BCUT2D eigenvalue weighted by Crippen LogP contribution is 2.45. The van der Waals surface area contributed by atoms with Crippen molar-refractivity contribution in [2.45, 2.75) is 51.0 Å². The molecule has 3 heterocycles. The molecule has 0 radical (unpaired) electrons. The molecule has 2 aliphatic rings. The van der Waals surface area contributed by atoms with Crippen LogP contribution in [0.2, 0.25) is 5.02 Å². The summed E-state index contributed by atoms with van der Waals surface area (Å²) in [6, 6.07) is 0.246. The second-order valence-electron chi connectivity index (χ2n) is 5.23. The second-order valence-corrected chi connectivity index (χ2v) is 5.64. The Morgan fingerprint density at radius 2 is 2.44 bits per heavy atom. The van der Waals surface area contributed by atoms with Crippen LogP contribution < -0.4 is 5.32 Å². The summed E-state index contributed by atoms with van der Waals surface area (Å²) in [6.45, 7) is 2.94. The third kappa shape index (κ3) is 1.87. The minimum Gasteiger partial charge on any atom is -0.375 e. The minimum absolute atomic E-state index is 0.246. The predicted molar refractivity (Wildman–Crippen MR) is 70.7 cm³/mol. The highest BCUT2D eigenvalue weighted by atomic mass is 35.5. The maximum absolute atomic E-state index is 6.31. The first kappa shape index (κ1) is 12.5. The summed E-state index contributed by atoms with van der Waals surface area (Å²) >= 11 is 6.31. The van der Waals surface area contributed by atoms with Gasteiger partial charge < -0.3 is 10.1 Å². The Labute approximate surface area is 113 Å². The van der Waals surface area contributed by atoms with Gasteiger partial charge in [-0.2, -0.15) is 5.10 Å². The molecule has 3 rings (SSSR count). The lowest BCUT2D eigenvalue weighted by Crippen LogP contribution is -2.33. The van der Waals surface area contributed by atoms with E-state index in [2.05, 4.69) is 17.3 Å². The Bertz CT molecular complexity index is 434. The lowest BCUT2D eigenvalue weighted by molar-refractivity contribution is 0.0856. The second kappa shape index (κ2) is 4.83. The van der Waals surface area contributed by atoms with Crippen LogP contribution in [0.15, 0.2) is 6.20 Å². The number of halogens is 1. The van der Waals surface area contributed by atoms with E-state index in [-0.39, 0.29) is 6.04 Å². The zero-order chi connectivity index (χ0) is 12.7. The molecule has 4 unspecified atom stereocenters. The molecule has 0 aliphatic carbocycles. The fourth-order valence-corrected chi connectivity index (χ4v) is 3.77. The molecule has 18 heavy (non-hydrogen) atoms. The molecule has 100 valence electrons. The van der Waals surface area contributed by atoms with Gasteiger partial charge in [-0.1, -0.05) is 11.6 Å². The number of nitrogens with one attached hydrogen (secondary N) is 1. The monoisotopic (exact) mass is 269 g/mol. The molecule has 2 fully saturated rings. The van der Waals surface area contributed by atoms with Crippen molar-refractivity contribution in [3.63, 3.8) is 0 Å². The van der Waals surface area contributed by atoms with E-state index in [1.54, 1.807) is 6.20 Å². The van der Waals surface area contributed by atoms with Gasteiger partial charge in [0.05, 0.1) is 35.2 Å². The van der Waals surface area contributed by atoms with Crippen LogP contribution in [0, 0.1) is 5.92 Å². The number of ether oxygens (including phenoxy) is 1. The van der Waals surface area contributed by atoms with Crippen molar-refractivity contribution in [1.29, 1.82) is 0 Å². The average molecular weight is 270 g/mol. The molecule has 2 saturated heterocycles. The molecule has 0 aromatic carbocycles. The summed E-state index contributed by atoms with van der Waals surface area (Å²) in [5.41, 5.74) is 1.11. The van der Waals surface area contributed by atoms with E-state index in [4.69, 9.17) is 16.3 Å². The molecule has 2 bridgehead atoms. The normalized spacial score (nSPS) is 32.1. The summed E-state index contributed by atoms with van der Waals surface area (Å²) in [4.78, 5) is 0. The lowest BCUT2D eigenvalue weighted by atomic mass is 9.82. The standard InChI is InChI=1S/C13H20ClN3O/c1-3-17-13(10(14)7-16-17)12(15-2)9-6-8-4-5-11(9)18-8/h7-9,11-12,15H,3-6H2,1-2H3.